The van der Waals surface area contributed by atoms with Crippen molar-refractivity contribution < 1.29 is 4.42 Å². The van der Waals surface area contributed by atoms with E-state index in [1.54, 1.807) is 6.26 Å². The van der Waals surface area contributed by atoms with Crippen LogP contribution in [0.3, 0.4) is 0 Å². The van der Waals surface area contributed by atoms with Gasteiger partial charge in [0.2, 0.25) is 0 Å². The van der Waals surface area contributed by atoms with Gasteiger partial charge in [-0.25, -0.2) is 0 Å². The highest BCUT2D eigenvalue weighted by atomic mass is 16.3. The fraction of sp³-hybridized carbons (Fsp3) is 0.714. The molecule has 0 unspecified atom stereocenters. The highest BCUT2D eigenvalue weighted by Gasteiger charge is 2.08. The first-order valence-electron chi connectivity index (χ1n) is 6.82. The number of furan rings is 1. The zero-order valence-electron chi connectivity index (χ0n) is 10.9. The van der Waals surface area contributed by atoms with Gasteiger partial charge in [0.15, 0.2) is 0 Å². The first-order valence-corrected chi connectivity index (χ1v) is 6.82. The maximum Gasteiger partial charge on any atom is 0.120 e. The SMILES string of the molecule is Cc1ccoc1CNCCCN1CCCCC1. The highest BCUT2D eigenvalue weighted by Crippen LogP contribution is 2.09. The van der Waals surface area contributed by atoms with Crippen LogP contribution in [0.15, 0.2) is 16.7 Å². The molecule has 1 fully saturated rings. The molecule has 0 amide bonds. The normalized spacial score (nSPS) is 17.5. The summed E-state index contributed by atoms with van der Waals surface area (Å²) in [4.78, 5) is 2.59. The minimum atomic E-state index is 0.860. The van der Waals surface area contributed by atoms with Crippen molar-refractivity contribution in [2.75, 3.05) is 26.2 Å². The van der Waals surface area contributed by atoms with E-state index in [1.807, 2.05) is 6.07 Å². The fourth-order valence-corrected chi connectivity index (χ4v) is 2.40. The van der Waals surface area contributed by atoms with Gasteiger partial charge in [0, 0.05) is 0 Å². The Morgan fingerprint density at radius 3 is 2.82 bits per heavy atom. The Balaban J connectivity index is 1.53. The van der Waals surface area contributed by atoms with E-state index in [0.29, 0.717) is 0 Å². The Labute approximate surface area is 104 Å². The first-order chi connectivity index (χ1) is 8.36. The van der Waals surface area contributed by atoms with Crippen molar-refractivity contribution in [1.82, 2.24) is 10.2 Å². The number of rotatable bonds is 6. The van der Waals surface area contributed by atoms with Crippen LogP contribution in [0.25, 0.3) is 0 Å². The fourth-order valence-electron chi connectivity index (χ4n) is 2.40. The molecular weight excluding hydrogens is 212 g/mol. The lowest BCUT2D eigenvalue weighted by molar-refractivity contribution is 0.225. The van der Waals surface area contributed by atoms with E-state index in [4.69, 9.17) is 4.42 Å². The standard InChI is InChI=1S/C14H24N2O/c1-13-6-11-17-14(13)12-15-7-5-10-16-8-3-2-4-9-16/h6,11,15H,2-5,7-10,12H2,1H3. The van der Waals surface area contributed by atoms with Crippen LogP contribution in [-0.4, -0.2) is 31.1 Å². The van der Waals surface area contributed by atoms with E-state index in [-0.39, 0.29) is 0 Å². The number of hydrogen-bond acceptors (Lipinski definition) is 3. The van der Waals surface area contributed by atoms with Crippen LogP contribution < -0.4 is 5.32 Å². The van der Waals surface area contributed by atoms with Crippen molar-refractivity contribution in [2.24, 2.45) is 0 Å². The predicted octanol–water partition coefficient (Wildman–Crippen LogP) is 2.55. The average Bonchev–Trinajstić information content (AvgIpc) is 2.76. The average molecular weight is 236 g/mol. The summed E-state index contributed by atoms with van der Waals surface area (Å²) in [7, 11) is 0. The number of nitrogens with zero attached hydrogens (tertiary/aromatic N) is 1. The second kappa shape index (κ2) is 6.82. The largest absolute Gasteiger partial charge is 0.468 e. The number of likely N-dealkylation sites (tertiary alicyclic amines) is 1. The Morgan fingerprint density at radius 1 is 1.29 bits per heavy atom. The van der Waals surface area contributed by atoms with Crippen LogP contribution >= 0.6 is 0 Å². The van der Waals surface area contributed by atoms with Crippen molar-refractivity contribution in [3.05, 3.63) is 23.7 Å². The summed E-state index contributed by atoms with van der Waals surface area (Å²) in [6.07, 6.45) is 7.20. The predicted molar refractivity (Wildman–Crippen MR) is 70.1 cm³/mol. The second-order valence-corrected chi connectivity index (χ2v) is 4.96. The zero-order valence-corrected chi connectivity index (χ0v) is 10.9. The Morgan fingerprint density at radius 2 is 2.12 bits per heavy atom. The van der Waals surface area contributed by atoms with Gasteiger partial charge < -0.3 is 14.6 Å². The minimum absolute atomic E-state index is 0.860. The van der Waals surface area contributed by atoms with Crippen LogP contribution in [0.5, 0.6) is 0 Å². The maximum atomic E-state index is 5.39. The van der Waals surface area contributed by atoms with E-state index in [0.717, 1.165) is 18.8 Å². The molecule has 0 bridgehead atoms. The van der Waals surface area contributed by atoms with Crippen molar-refractivity contribution in [1.29, 1.82) is 0 Å². The smallest absolute Gasteiger partial charge is 0.120 e. The van der Waals surface area contributed by atoms with Gasteiger partial charge in [0.1, 0.15) is 5.76 Å². The highest BCUT2D eigenvalue weighted by molar-refractivity contribution is 5.13. The second-order valence-electron chi connectivity index (χ2n) is 4.96. The van der Waals surface area contributed by atoms with Crippen LogP contribution in [0.1, 0.15) is 37.0 Å². The number of aryl methyl sites for hydroxylation is 1. The summed E-state index contributed by atoms with van der Waals surface area (Å²) < 4.78 is 5.39. The van der Waals surface area contributed by atoms with Crippen LogP contribution in [0.4, 0.5) is 0 Å². The number of nitrogens with one attached hydrogen (secondary N) is 1. The third kappa shape index (κ3) is 4.17. The lowest BCUT2D eigenvalue weighted by atomic mass is 10.1. The molecule has 1 aromatic rings. The Kier molecular flexibility index (Phi) is 5.08. The van der Waals surface area contributed by atoms with Gasteiger partial charge in [-0.05, 0) is 64.0 Å². The topological polar surface area (TPSA) is 28.4 Å². The van der Waals surface area contributed by atoms with Crippen LogP contribution in [-0.2, 0) is 6.54 Å². The molecule has 0 atom stereocenters. The molecule has 1 saturated heterocycles. The molecule has 0 saturated carbocycles. The summed E-state index contributed by atoms with van der Waals surface area (Å²) in [6.45, 7) is 7.88. The molecule has 2 heterocycles. The lowest BCUT2D eigenvalue weighted by Gasteiger charge is -2.26. The van der Waals surface area contributed by atoms with E-state index >= 15 is 0 Å². The first kappa shape index (κ1) is 12.7. The number of piperidine rings is 1. The van der Waals surface area contributed by atoms with Crippen molar-refractivity contribution in [3.8, 4) is 0 Å². The molecular formula is C14H24N2O. The van der Waals surface area contributed by atoms with Gasteiger partial charge in [-0.3, -0.25) is 0 Å². The summed E-state index contributed by atoms with van der Waals surface area (Å²) in [5, 5.41) is 3.45. The molecule has 0 aliphatic carbocycles. The summed E-state index contributed by atoms with van der Waals surface area (Å²) in [5.41, 5.74) is 1.24. The third-order valence-corrected chi connectivity index (χ3v) is 3.53. The van der Waals surface area contributed by atoms with Crippen LogP contribution in [0.2, 0.25) is 0 Å². The van der Waals surface area contributed by atoms with E-state index < -0.39 is 0 Å². The zero-order chi connectivity index (χ0) is 11.9. The molecule has 96 valence electrons. The molecule has 2 rings (SSSR count). The molecule has 0 aromatic carbocycles. The lowest BCUT2D eigenvalue weighted by Crippen LogP contribution is -2.32. The van der Waals surface area contributed by atoms with E-state index in [2.05, 4.69) is 17.1 Å². The Hall–Kier alpha value is -0.800. The van der Waals surface area contributed by atoms with Crippen molar-refractivity contribution >= 4 is 0 Å². The molecule has 3 heteroatoms. The molecule has 17 heavy (non-hydrogen) atoms. The third-order valence-electron chi connectivity index (χ3n) is 3.53. The van der Waals surface area contributed by atoms with Crippen LogP contribution in [0, 0.1) is 6.92 Å². The molecule has 0 radical (unpaired) electrons. The van der Waals surface area contributed by atoms with Gasteiger partial charge in [0.25, 0.3) is 0 Å². The van der Waals surface area contributed by atoms with Gasteiger partial charge >= 0.3 is 0 Å². The molecule has 1 aromatic heterocycles. The number of hydrogen-bond donors (Lipinski definition) is 1. The van der Waals surface area contributed by atoms with Gasteiger partial charge in [-0.15, -0.1) is 0 Å². The summed E-state index contributed by atoms with van der Waals surface area (Å²) in [5.74, 6) is 1.07. The molecule has 0 spiro atoms. The maximum absolute atomic E-state index is 5.39. The Bertz CT molecular complexity index is 316. The van der Waals surface area contributed by atoms with Gasteiger partial charge in [-0.2, -0.15) is 0 Å². The van der Waals surface area contributed by atoms with Gasteiger partial charge in [0.05, 0.1) is 12.8 Å². The monoisotopic (exact) mass is 236 g/mol. The van der Waals surface area contributed by atoms with Crippen molar-refractivity contribution in [2.45, 2.75) is 39.2 Å². The van der Waals surface area contributed by atoms with E-state index in [1.165, 1.54) is 50.9 Å². The molecule has 1 N–H and O–H groups in total. The molecule has 3 nitrogen and oxygen atoms in total. The molecule has 1 aliphatic heterocycles. The minimum Gasteiger partial charge on any atom is -0.468 e. The quantitative estimate of drug-likeness (QED) is 0.769. The molecule has 1 aliphatic rings. The van der Waals surface area contributed by atoms with Crippen molar-refractivity contribution in [3.63, 3.8) is 0 Å². The summed E-state index contributed by atoms with van der Waals surface area (Å²) >= 11 is 0. The van der Waals surface area contributed by atoms with Gasteiger partial charge in [-0.1, -0.05) is 6.42 Å². The van der Waals surface area contributed by atoms with E-state index in [9.17, 15) is 0 Å². The summed E-state index contributed by atoms with van der Waals surface area (Å²) in [6, 6.07) is 2.02.